The molecule has 2 heterocycles. The molecule has 2 saturated heterocycles. The Bertz CT molecular complexity index is 592. The zero-order valence-electron chi connectivity index (χ0n) is 14.4. The lowest BCUT2D eigenvalue weighted by Gasteiger charge is -2.28. The van der Waals surface area contributed by atoms with Crippen molar-refractivity contribution >= 4 is 35.7 Å². The van der Waals surface area contributed by atoms with E-state index in [0.717, 1.165) is 57.9 Å². The molecule has 1 aromatic carbocycles. The van der Waals surface area contributed by atoms with E-state index < -0.39 is 0 Å². The molecular weight excluding hydrogens is 340 g/mol. The highest BCUT2D eigenvalue weighted by Crippen LogP contribution is 2.20. The van der Waals surface area contributed by atoms with Crippen LogP contribution >= 0.6 is 12.4 Å². The number of aliphatic imine (C=N–C) groups is 2. The van der Waals surface area contributed by atoms with E-state index in [9.17, 15) is 0 Å². The van der Waals surface area contributed by atoms with Gasteiger partial charge < -0.3 is 26.0 Å². The van der Waals surface area contributed by atoms with E-state index in [1.165, 1.54) is 12.1 Å². The monoisotopic (exact) mass is 366 g/mol. The molecular formula is C17H27ClN6O. The van der Waals surface area contributed by atoms with Crippen LogP contribution in [0, 0.1) is 0 Å². The highest BCUT2D eigenvalue weighted by molar-refractivity contribution is 5.94. The van der Waals surface area contributed by atoms with Gasteiger partial charge in [-0.15, -0.1) is 12.4 Å². The van der Waals surface area contributed by atoms with Crippen molar-refractivity contribution in [1.82, 2.24) is 4.90 Å². The molecule has 2 aliphatic rings. The molecule has 0 atom stereocenters. The lowest BCUT2D eigenvalue weighted by Crippen LogP contribution is -2.41. The second kappa shape index (κ2) is 9.48. The maximum Gasteiger partial charge on any atom is 0.223 e. The molecule has 7 nitrogen and oxygen atoms in total. The Morgan fingerprint density at radius 2 is 1.56 bits per heavy atom. The number of morpholine rings is 1. The van der Waals surface area contributed by atoms with Gasteiger partial charge in [-0.3, -0.25) is 0 Å². The number of hydrogen-bond acceptors (Lipinski definition) is 3. The average molecular weight is 367 g/mol. The molecule has 2 fully saturated rings. The fraction of sp³-hybridized carbons (Fsp3) is 0.529. The van der Waals surface area contributed by atoms with Crippen LogP contribution in [0.5, 0.6) is 0 Å². The predicted octanol–water partition coefficient (Wildman–Crippen LogP) is 1.69. The summed E-state index contributed by atoms with van der Waals surface area (Å²) in [4.78, 5) is 12.9. The van der Waals surface area contributed by atoms with Gasteiger partial charge in [-0.2, -0.15) is 4.99 Å². The van der Waals surface area contributed by atoms with Crippen molar-refractivity contribution in [1.29, 1.82) is 0 Å². The number of nitrogens with two attached hydrogens (primary N) is 2. The molecule has 4 N–H and O–H groups in total. The highest BCUT2D eigenvalue weighted by Gasteiger charge is 2.13. The number of likely N-dealkylation sites (tertiary alicyclic amines) is 1. The van der Waals surface area contributed by atoms with Gasteiger partial charge in [0.1, 0.15) is 0 Å². The molecule has 138 valence electrons. The summed E-state index contributed by atoms with van der Waals surface area (Å²) >= 11 is 0. The van der Waals surface area contributed by atoms with E-state index in [4.69, 9.17) is 16.2 Å². The zero-order valence-corrected chi connectivity index (χ0v) is 15.2. The van der Waals surface area contributed by atoms with Crippen molar-refractivity contribution in [3.8, 4) is 0 Å². The minimum atomic E-state index is 0. The normalized spacial score (nSPS) is 19.5. The van der Waals surface area contributed by atoms with Crippen molar-refractivity contribution in [2.75, 3.05) is 44.3 Å². The van der Waals surface area contributed by atoms with Gasteiger partial charge in [0.15, 0.2) is 5.96 Å². The summed E-state index contributed by atoms with van der Waals surface area (Å²) in [6.45, 7) is 5.27. The third kappa shape index (κ3) is 5.51. The molecule has 8 heteroatoms. The maximum absolute atomic E-state index is 6.02. The van der Waals surface area contributed by atoms with Gasteiger partial charge in [0.05, 0.1) is 18.9 Å². The standard InChI is InChI=1S/C17H26N6O.ClH/c18-16(21-17(19)23-8-2-1-3-9-23)20-14-4-6-15(7-5-14)22-10-12-24-13-11-22;/h4-7H,1-3,8-13H2,(H4,18,19,20,21);1H. The largest absolute Gasteiger partial charge is 0.378 e. The number of halogens is 1. The predicted molar refractivity (Wildman–Crippen MR) is 105 cm³/mol. The molecule has 0 spiro atoms. The van der Waals surface area contributed by atoms with Gasteiger partial charge in [0.25, 0.3) is 0 Å². The molecule has 0 aromatic heterocycles. The van der Waals surface area contributed by atoms with Crippen molar-refractivity contribution < 1.29 is 4.74 Å². The van der Waals surface area contributed by atoms with Crippen molar-refractivity contribution in [3.05, 3.63) is 24.3 Å². The molecule has 0 aliphatic carbocycles. The van der Waals surface area contributed by atoms with Crippen LogP contribution in [0.3, 0.4) is 0 Å². The molecule has 25 heavy (non-hydrogen) atoms. The topological polar surface area (TPSA) is 92.5 Å². The van der Waals surface area contributed by atoms with Crippen LogP contribution in [0.2, 0.25) is 0 Å². The Labute approximate surface area is 155 Å². The summed E-state index contributed by atoms with van der Waals surface area (Å²) in [5.41, 5.74) is 13.9. The SMILES string of the molecule is Cl.NC(=Nc1ccc(N2CCOCC2)cc1)N=C(N)N1CCCCC1. The number of rotatable bonds is 2. The summed E-state index contributed by atoms with van der Waals surface area (Å²) in [5.74, 6) is 0.651. The summed E-state index contributed by atoms with van der Waals surface area (Å²) in [7, 11) is 0. The van der Waals surface area contributed by atoms with Gasteiger partial charge in [0.2, 0.25) is 5.96 Å². The van der Waals surface area contributed by atoms with Gasteiger partial charge in [-0.05, 0) is 43.5 Å². The first-order chi connectivity index (χ1) is 11.7. The minimum absolute atomic E-state index is 0. The Morgan fingerprint density at radius 1 is 0.920 bits per heavy atom. The van der Waals surface area contributed by atoms with E-state index in [2.05, 4.69) is 31.9 Å². The first-order valence-electron chi connectivity index (χ1n) is 8.58. The van der Waals surface area contributed by atoms with Crippen LogP contribution in [-0.4, -0.2) is 56.2 Å². The number of anilines is 1. The third-order valence-corrected chi connectivity index (χ3v) is 4.38. The van der Waals surface area contributed by atoms with E-state index >= 15 is 0 Å². The van der Waals surface area contributed by atoms with Crippen LogP contribution in [0.25, 0.3) is 0 Å². The zero-order chi connectivity index (χ0) is 16.8. The fourth-order valence-electron chi connectivity index (χ4n) is 3.03. The molecule has 0 unspecified atom stereocenters. The summed E-state index contributed by atoms with van der Waals surface area (Å²) < 4.78 is 5.37. The lowest BCUT2D eigenvalue weighted by atomic mass is 10.1. The number of guanidine groups is 2. The number of ether oxygens (including phenoxy) is 1. The van der Waals surface area contributed by atoms with Gasteiger partial charge in [-0.25, -0.2) is 4.99 Å². The second-order valence-corrected chi connectivity index (χ2v) is 6.10. The van der Waals surface area contributed by atoms with Crippen LogP contribution in [-0.2, 0) is 4.74 Å². The first-order valence-corrected chi connectivity index (χ1v) is 8.58. The van der Waals surface area contributed by atoms with Crippen molar-refractivity contribution in [2.24, 2.45) is 21.5 Å². The fourth-order valence-corrected chi connectivity index (χ4v) is 3.03. The van der Waals surface area contributed by atoms with Gasteiger partial charge in [-0.1, -0.05) is 0 Å². The highest BCUT2D eigenvalue weighted by atomic mass is 35.5. The third-order valence-electron chi connectivity index (χ3n) is 4.38. The maximum atomic E-state index is 6.02. The molecule has 0 amide bonds. The second-order valence-electron chi connectivity index (χ2n) is 6.10. The quantitative estimate of drug-likeness (QED) is 0.613. The Hall–Kier alpha value is -1.99. The van der Waals surface area contributed by atoms with Crippen LogP contribution < -0.4 is 16.4 Å². The van der Waals surface area contributed by atoms with Gasteiger partial charge >= 0.3 is 0 Å². The Morgan fingerprint density at radius 3 is 2.20 bits per heavy atom. The van der Waals surface area contributed by atoms with Crippen molar-refractivity contribution in [3.63, 3.8) is 0 Å². The average Bonchev–Trinajstić information content (AvgIpc) is 2.64. The molecule has 1 aromatic rings. The molecule has 3 rings (SSSR count). The number of hydrogen-bond donors (Lipinski definition) is 2. The van der Waals surface area contributed by atoms with E-state index in [1.807, 2.05) is 12.1 Å². The Kier molecular flexibility index (Phi) is 7.33. The summed E-state index contributed by atoms with van der Waals surface area (Å²) in [6, 6.07) is 8.00. The van der Waals surface area contributed by atoms with Crippen molar-refractivity contribution in [2.45, 2.75) is 19.3 Å². The van der Waals surface area contributed by atoms with E-state index in [0.29, 0.717) is 5.96 Å². The van der Waals surface area contributed by atoms with E-state index in [1.54, 1.807) is 0 Å². The molecule has 0 saturated carbocycles. The molecule has 0 bridgehead atoms. The van der Waals surface area contributed by atoms with Crippen LogP contribution in [0.15, 0.2) is 34.3 Å². The van der Waals surface area contributed by atoms with Gasteiger partial charge in [0, 0.05) is 31.9 Å². The number of benzene rings is 1. The number of piperidine rings is 1. The van der Waals surface area contributed by atoms with Crippen LogP contribution in [0.1, 0.15) is 19.3 Å². The van der Waals surface area contributed by atoms with E-state index in [-0.39, 0.29) is 18.4 Å². The summed E-state index contributed by atoms with van der Waals surface area (Å²) in [6.07, 6.45) is 3.55. The smallest absolute Gasteiger partial charge is 0.223 e. The Balaban J connectivity index is 0.00000225. The number of nitrogens with zero attached hydrogens (tertiary/aromatic N) is 4. The lowest BCUT2D eigenvalue weighted by molar-refractivity contribution is 0.122. The summed E-state index contributed by atoms with van der Waals surface area (Å²) in [5, 5.41) is 0. The minimum Gasteiger partial charge on any atom is -0.378 e. The molecule has 0 radical (unpaired) electrons. The first kappa shape index (κ1) is 19.3. The van der Waals surface area contributed by atoms with Crippen LogP contribution in [0.4, 0.5) is 11.4 Å². The molecule has 2 aliphatic heterocycles.